The Balaban J connectivity index is 1.68. The van der Waals surface area contributed by atoms with Gasteiger partial charge in [-0.25, -0.2) is 0 Å². The molecule has 12 unspecified atom stereocenters. The van der Waals surface area contributed by atoms with Gasteiger partial charge in [-0.05, 0) is 103 Å². The van der Waals surface area contributed by atoms with Crippen molar-refractivity contribution < 1.29 is 64.6 Å². The number of carbonyl (C=O) groups is 1. The van der Waals surface area contributed by atoms with E-state index in [0.717, 1.165) is 109 Å². The van der Waals surface area contributed by atoms with Gasteiger partial charge >= 0.3 is 0 Å². The van der Waals surface area contributed by atoms with E-state index in [-0.39, 0.29) is 18.9 Å². The Morgan fingerprint density at radius 2 is 0.870 bits per heavy atom. The number of nitrogens with one attached hydrogen (secondary N) is 1. The minimum Gasteiger partial charge on any atom is -0.394 e. The van der Waals surface area contributed by atoms with Crippen molar-refractivity contribution in [3.8, 4) is 0 Å². The van der Waals surface area contributed by atoms with Crippen LogP contribution in [0.25, 0.3) is 0 Å². The molecule has 436 valence electrons. The second kappa shape index (κ2) is 47.0. The van der Waals surface area contributed by atoms with E-state index in [1.54, 1.807) is 6.08 Å². The highest BCUT2D eigenvalue weighted by atomic mass is 16.7. The van der Waals surface area contributed by atoms with Gasteiger partial charge in [0.2, 0.25) is 5.91 Å². The van der Waals surface area contributed by atoms with Crippen LogP contribution in [0.3, 0.4) is 0 Å². The summed E-state index contributed by atoms with van der Waals surface area (Å²) in [6.07, 6.45) is 52.3. The smallest absolute Gasteiger partial charge is 0.220 e. The van der Waals surface area contributed by atoms with Crippen LogP contribution in [0.4, 0.5) is 0 Å². The van der Waals surface area contributed by atoms with Gasteiger partial charge in [0, 0.05) is 6.42 Å². The Kier molecular flexibility index (Phi) is 42.2. The third kappa shape index (κ3) is 32.7. The lowest BCUT2D eigenvalue weighted by molar-refractivity contribution is -0.359. The number of hydrogen-bond acceptors (Lipinski definition) is 13. The second-order valence-electron chi connectivity index (χ2n) is 19.6. The van der Waals surface area contributed by atoms with Gasteiger partial charge in [0.1, 0.15) is 48.8 Å². The van der Waals surface area contributed by atoms with E-state index in [4.69, 9.17) is 18.9 Å². The molecule has 77 heavy (non-hydrogen) atoms. The van der Waals surface area contributed by atoms with Crippen LogP contribution in [-0.2, 0) is 23.7 Å². The number of unbranched alkanes of at least 4 members (excludes halogenated alkanes) is 10. The number of aliphatic hydroxyl groups excluding tert-OH is 8. The molecule has 0 aliphatic carbocycles. The lowest BCUT2D eigenvalue weighted by Crippen LogP contribution is -2.65. The van der Waals surface area contributed by atoms with E-state index in [1.165, 1.54) is 19.3 Å². The lowest BCUT2D eigenvalue weighted by Gasteiger charge is -2.46. The summed E-state index contributed by atoms with van der Waals surface area (Å²) >= 11 is 0. The van der Waals surface area contributed by atoms with E-state index in [9.17, 15) is 45.6 Å². The van der Waals surface area contributed by atoms with Crippen molar-refractivity contribution in [3.05, 3.63) is 134 Å². The largest absolute Gasteiger partial charge is 0.394 e. The molecule has 0 aromatic heterocycles. The summed E-state index contributed by atoms with van der Waals surface area (Å²) in [4.78, 5) is 13.2. The minimum atomic E-state index is -1.80. The first-order chi connectivity index (χ1) is 37.6. The Morgan fingerprint density at radius 3 is 1.38 bits per heavy atom. The molecule has 0 saturated carbocycles. The number of allylic oxidation sites excluding steroid dienone is 21. The standard InChI is InChI=1S/C63H101NO13/c1-3-5-7-9-11-13-15-16-17-18-19-20-21-22-23-24-25-26-27-28-29-30-31-32-33-34-35-36-37-39-41-43-45-47-55(68)64-51(52(67)46-44-42-40-38-14-12-10-8-6-4-2)50-74-62-60(73)58(71)61(54(49-66)76-62)77-63-59(72)57(70)56(69)53(48-65)75-63/h5-8,11,13-14,16-17,19-20,22-23,25-26,28-29,31-32,38,44,46,51-54,56-63,65-67,69-73H,3-4,9-10,12,15,18,21,24,27,30,33-37,39-43,45,47-50H2,1-2H3,(H,64,68)/b7-5-,8-6+,13-11-,17-16-,20-19-,23-22-,26-25-,29-28-,32-31-,38-14+,46-44+. The first-order valence-electron chi connectivity index (χ1n) is 28.9. The first-order valence-corrected chi connectivity index (χ1v) is 28.9. The highest BCUT2D eigenvalue weighted by Crippen LogP contribution is 2.30. The summed E-state index contributed by atoms with van der Waals surface area (Å²) in [6, 6.07) is -0.950. The molecule has 2 saturated heterocycles. The van der Waals surface area contributed by atoms with Gasteiger partial charge in [-0.15, -0.1) is 0 Å². The number of amides is 1. The average molecular weight is 1080 g/mol. The molecule has 0 bridgehead atoms. The highest BCUT2D eigenvalue weighted by molar-refractivity contribution is 5.76. The Morgan fingerprint density at radius 1 is 0.468 bits per heavy atom. The van der Waals surface area contributed by atoms with Gasteiger partial charge in [-0.2, -0.15) is 0 Å². The van der Waals surface area contributed by atoms with Gasteiger partial charge in [0.25, 0.3) is 0 Å². The molecule has 14 nitrogen and oxygen atoms in total. The summed E-state index contributed by atoms with van der Waals surface area (Å²) in [6.45, 7) is 2.48. The van der Waals surface area contributed by atoms with E-state index in [1.807, 2.05) is 6.08 Å². The number of hydrogen-bond donors (Lipinski definition) is 9. The van der Waals surface area contributed by atoms with Crippen molar-refractivity contribution in [2.24, 2.45) is 0 Å². The van der Waals surface area contributed by atoms with Crippen LogP contribution in [0.15, 0.2) is 134 Å². The zero-order chi connectivity index (χ0) is 56.0. The summed E-state index contributed by atoms with van der Waals surface area (Å²) in [5.41, 5.74) is 0. The first kappa shape index (κ1) is 69.2. The topological polar surface area (TPSA) is 228 Å². The summed E-state index contributed by atoms with van der Waals surface area (Å²) in [5, 5.41) is 86.7. The molecule has 2 fully saturated rings. The predicted octanol–water partition coefficient (Wildman–Crippen LogP) is 9.60. The van der Waals surface area contributed by atoms with Crippen molar-refractivity contribution >= 4 is 5.91 Å². The molecule has 2 heterocycles. The van der Waals surface area contributed by atoms with Crippen LogP contribution in [0.2, 0.25) is 0 Å². The van der Waals surface area contributed by atoms with Crippen LogP contribution in [0.1, 0.15) is 162 Å². The van der Waals surface area contributed by atoms with Crippen LogP contribution in [-0.4, -0.2) is 140 Å². The Bertz CT molecular complexity index is 1800. The number of ether oxygens (including phenoxy) is 4. The molecule has 2 aliphatic heterocycles. The number of aliphatic hydroxyl groups is 8. The molecule has 9 N–H and O–H groups in total. The molecular formula is C63H101NO13. The van der Waals surface area contributed by atoms with E-state index < -0.39 is 86.8 Å². The van der Waals surface area contributed by atoms with E-state index >= 15 is 0 Å². The van der Waals surface area contributed by atoms with Crippen LogP contribution in [0, 0.1) is 0 Å². The van der Waals surface area contributed by atoms with Gasteiger partial charge in [0.15, 0.2) is 12.6 Å². The molecule has 0 radical (unpaired) electrons. The van der Waals surface area contributed by atoms with Crippen molar-refractivity contribution in [3.63, 3.8) is 0 Å². The van der Waals surface area contributed by atoms with Gasteiger partial charge in [-0.3, -0.25) is 4.79 Å². The number of carbonyl (C=O) groups excluding carboxylic acids is 1. The van der Waals surface area contributed by atoms with Crippen molar-refractivity contribution in [1.29, 1.82) is 0 Å². The monoisotopic (exact) mass is 1080 g/mol. The minimum absolute atomic E-state index is 0.250. The molecule has 0 spiro atoms. The fraction of sp³-hybridized carbons (Fsp3) is 0.635. The second-order valence-corrected chi connectivity index (χ2v) is 19.6. The Labute approximate surface area is 462 Å². The molecule has 14 heteroatoms. The van der Waals surface area contributed by atoms with Gasteiger partial charge in [0.05, 0.1) is 32.0 Å². The molecular weight excluding hydrogens is 979 g/mol. The molecule has 2 aliphatic rings. The fourth-order valence-electron chi connectivity index (χ4n) is 8.46. The summed E-state index contributed by atoms with van der Waals surface area (Å²) in [7, 11) is 0. The summed E-state index contributed by atoms with van der Waals surface area (Å²) in [5.74, 6) is -0.272. The number of rotatable bonds is 43. The molecule has 2 rings (SSSR count). The third-order valence-corrected chi connectivity index (χ3v) is 13.1. The highest BCUT2D eigenvalue weighted by Gasteiger charge is 2.51. The van der Waals surface area contributed by atoms with Gasteiger partial charge in [-0.1, -0.05) is 186 Å². The zero-order valence-electron chi connectivity index (χ0n) is 46.6. The SMILES string of the molecule is CC/C=C\C/C=C\C/C=C\C/C=C\C/C=C\C/C=C\C/C=C\C/C=C\CCCCCCCCCCC(=O)NC(COC1OC(CO)C(OC2OC(CO)C(O)C(O)C2O)C(O)C1O)C(O)/C=C/CC/C=C/CC/C=C/CC. The van der Waals surface area contributed by atoms with Crippen molar-refractivity contribution in [2.45, 2.75) is 235 Å². The van der Waals surface area contributed by atoms with Gasteiger partial charge < -0.3 is 65.1 Å². The van der Waals surface area contributed by atoms with Crippen LogP contribution >= 0.6 is 0 Å². The quantitative estimate of drug-likeness (QED) is 0.0205. The third-order valence-electron chi connectivity index (χ3n) is 13.1. The van der Waals surface area contributed by atoms with Crippen LogP contribution in [0.5, 0.6) is 0 Å². The predicted molar refractivity (Wildman–Crippen MR) is 308 cm³/mol. The van der Waals surface area contributed by atoms with Crippen molar-refractivity contribution in [1.82, 2.24) is 5.32 Å². The maximum absolute atomic E-state index is 13.2. The molecule has 12 atom stereocenters. The average Bonchev–Trinajstić information content (AvgIpc) is 3.45. The molecule has 1 amide bonds. The van der Waals surface area contributed by atoms with E-state index in [0.29, 0.717) is 12.8 Å². The molecule has 0 aromatic rings. The summed E-state index contributed by atoms with van der Waals surface area (Å²) < 4.78 is 22.7. The maximum Gasteiger partial charge on any atom is 0.220 e. The molecule has 0 aromatic carbocycles. The van der Waals surface area contributed by atoms with Crippen molar-refractivity contribution in [2.75, 3.05) is 19.8 Å². The van der Waals surface area contributed by atoms with Crippen LogP contribution < -0.4 is 5.32 Å². The normalized spacial score (nSPS) is 25.7. The fourth-order valence-corrected chi connectivity index (χ4v) is 8.46. The maximum atomic E-state index is 13.2. The van der Waals surface area contributed by atoms with E-state index in [2.05, 4.69) is 141 Å². The zero-order valence-corrected chi connectivity index (χ0v) is 46.6. The lowest BCUT2D eigenvalue weighted by atomic mass is 9.97. The Hall–Kier alpha value is -3.87.